The fraction of sp³-hybridized carbons (Fsp3) is 0.500. The van der Waals surface area contributed by atoms with Crippen LogP contribution in [0.4, 0.5) is 11.4 Å². The monoisotopic (exact) mass is 378 g/mol. The first-order chi connectivity index (χ1) is 13.2. The maximum absolute atomic E-state index is 10.2. The van der Waals surface area contributed by atoms with Crippen molar-refractivity contribution in [2.45, 2.75) is 63.2 Å². The van der Waals surface area contributed by atoms with Crippen LogP contribution in [0.2, 0.25) is 0 Å². The summed E-state index contributed by atoms with van der Waals surface area (Å²) in [5.74, 6) is 1.86. The summed E-state index contributed by atoms with van der Waals surface area (Å²) in [5, 5.41) is 20.3. The van der Waals surface area contributed by atoms with Crippen molar-refractivity contribution in [3.8, 4) is 11.5 Å². The Morgan fingerprint density at radius 2 is 1.14 bits per heavy atom. The molecule has 4 bridgehead atoms. The summed E-state index contributed by atoms with van der Waals surface area (Å²) < 4.78 is 0. The summed E-state index contributed by atoms with van der Waals surface area (Å²) in [7, 11) is 0. The lowest BCUT2D eigenvalue weighted by molar-refractivity contribution is -0.0281. The summed E-state index contributed by atoms with van der Waals surface area (Å²) in [6, 6.07) is 8.34. The average Bonchev–Trinajstić information content (AvgIpc) is 2.62. The van der Waals surface area contributed by atoms with E-state index in [-0.39, 0.29) is 22.3 Å². The molecule has 4 fully saturated rings. The van der Waals surface area contributed by atoms with Gasteiger partial charge in [0.15, 0.2) is 0 Å². The molecule has 28 heavy (non-hydrogen) atoms. The van der Waals surface area contributed by atoms with Crippen molar-refractivity contribution in [1.82, 2.24) is 0 Å². The molecule has 148 valence electrons. The van der Waals surface area contributed by atoms with Gasteiger partial charge in [-0.15, -0.1) is 0 Å². The Kier molecular flexibility index (Phi) is 3.54. The summed E-state index contributed by atoms with van der Waals surface area (Å²) >= 11 is 0. The van der Waals surface area contributed by atoms with E-state index >= 15 is 0 Å². The predicted octanol–water partition coefficient (Wildman–Crippen LogP) is 4.67. The van der Waals surface area contributed by atoms with Crippen LogP contribution in [-0.4, -0.2) is 10.2 Å². The Hall–Kier alpha value is -2.36. The Bertz CT molecular complexity index is 845. The molecule has 0 saturated heterocycles. The van der Waals surface area contributed by atoms with E-state index in [1.165, 1.54) is 43.2 Å². The van der Waals surface area contributed by atoms with Crippen molar-refractivity contribution in [3.63, 3.8) is 0 Å². The Balaban J connectivity index is 1.64. The van der Waals surface area contributed by atoms with Gasteiger partial charge in [0.1, 0.15) is 11.5 Å². The highest BCUT2D eigenvalue weighted by atomic mass is 16.3. The first kappa shape index (κ1) is 17.7. The number of phenols is 2. The topological polar surface area (TPSA) is 92.5 Å². The Labute approximate surface area is 166 Å². The third-order valence-corrected chi connectivity index (χ3v) is 7.95. The normalized spacial score (nSPS) is 33.4. The molecule has 0 unspecified atom stereocenters. The molecule has 4 saturated carbocycles. The van der Waals surface area contributed by atoms with Crippen LogP contribution >= 0.6 is 0 Å². The van der Waals surface area contributed by atoms with Gasteiger partial charge >= 0.3 is 0 Å². The smallest absolute Gasteiger partial charge is 0.141 e. The van der Waals surface area contributed by atoms with Crippen LogP contribution in [0.15, 0.2) is 24.3 Å². The number of benzene rings is 2. The molecule has 0 amide bonds. The highest BCUT2D eigenvalue weighted by molar-refractivity contribution is 5.61. The average molecular weight is 379 g/mol. The first-order valence-corrected chi connectivity index (χ1v) is 10.4. The van der Waals surface area contributed by atoms with Crippen LogP contribution in [-0.2, 0) is 10.8 Å². The minimum Gasteiger partial charge on any atom is -0.506 e. The molecule has 2 aromatic carbocycles. The molecule has 6 N–H and O–H groups in total. The molecule has 4 nitrogen and oxygen atoms in total. The fourth-order valence-electron chi connectivity index (χ4n) is 7.16. The van der Waals surface area contributed by atoms with Crippen LogP contribution in [0.1, 0.15) is 60.8 Å². The summed E-state index contributed by atoms with van der Waals surface area (Å²) in [6.45, 7) is 3.88. The number of aryl methyl sites for hydroxylation is 2. The number of hydrogen-bond acceptors (Lipinski definition) is 4. The zero-order chi connectivity index (χ0) is 19.8. The minimum absolute atomic E-state index is 0.122. The van der Waals surface area contributed by atoms with Gasteiger partial charge in [-0.3, -0.25) is 0 Å². The fourth-order valence-corrected chi connectivity index (χ4v) is 7.16. The molecule has 0 atom stereocenters. The number of nitrogens with two attached hydrogens (primary N) is 2. The number of phenolic OH excluding ortho intramolecular Hbond substituents is 2. The number of nitrogen functional groups attached to an aromatic ring is 2. The lowest BCUT2D eigenvalue weighted by Gasteiger charge is -2.63. The molecule has 4 heteroatoms. The van der Waals surface area contributed by atoms with Crippen molar-refractivity contribution in [3.05, 3.63) is 46.5 Å². The lowest BCUT2D eigenvalue weighted by atomic mass is 9.41. The van der Waals surface area contributed by atoms with Gasteiger partial charge in [0.05, 0.1) is 11.4 Å². The highest BCUT2D eigenvalue weighted by Crippen LogP contribution is 2.66. The predicted molar refractivity (Wildman–Crippen MR) is 113 cm³/mol. The molecular formula is C24H30N2O2. The maximum atomic E-state index is 10.2. The Morgan fingerprint density at radius 3 is 1.50 bits per heavy atom. The van der Waals surface area contributed by atoms with E-state index in [1.807, 2.05) is 26.0 Å². The molecule has 0 aromatic heterocycles. The highest BCUT2D eigenvalue weighted by Gasteiger charge is 2.58. The van der Waals surface area contributed by atoms with Gasteiger partial charge in [-0.05, 0) is 109 Å². The van der Waals surface area contributed by atoms with Gasteiger partial charge in [0.25, 0.3) is 0 Å². The van der Waals surface area contributed by atoms with Crippen molar-refractivity contribution in [1.29, 1.82) is 0 Å². The molecular weight excluding hydrogens is 348 g/mol. The minimum atomic E-state index is 0.122. The van der Waals surface area contributed by atoms with Gasteiger partial charge in [0, 0.05) is 0 Å². The zero-order valence-corrected chi connectivity index (χ0v) is 16.8. The van der Waals surface area contributed by atoms with Crippen LogP contribution in [0.3, 0.4) is 0 Å². The van der Waals surface area contributed by atoms with Crippen LogP contribution < -0.4 is 11.5 Å². The second kappa shape index (κ2) is 5.59. The third-order valence-electron chi connectivity index (χ3n) is 7.95. The first-order valence-electron chi connectivity index (χ1n) is 10.4. The van der Waals surface area contributed by atoms with E-state index in [0.29, 0.717) is 23.2 Å². The van der Waals surface area contributed by atoms with Gasteiger partial charge in [-0.25, -0.2) is 0 Å². The quantitative estimate of drug-likeness (QED) is 0.451. The molecule has 0 spiro atoms. The molecule has 0 aliphatic heterocycles. The van der Waals surface area contributed by atoms with Crippen LogP contribution in [0.25, 0.3) is 0 Å². The van der Waals surface area contributed by atoms with Gasteiger partial charge in [-0.1, -0.05) is 12.1 Å². The summed E-state index contributed by atoms with van der Waals surface area (Å²) in [4.78, 5) is 0. The van der Waals surface area contributed by atoms with Crippen LogP contribution in [0.5, 0.6) is 11.5 Å². The lowest BCUT2D eigenvalue weighted by Crippen LogP contribution is -2.56. The van der Waals surface area contributed by atoms with E-state index in [4.69, 9.17) is 11.5 Å². The number of hydrogen-bond donors (Lipinski definition) is 4. The number of aromatic hydroxyl groups is 2. The van der Waals surface area contributed by atoms with E-state index in [9.17, 15) is 10.2 Å². The third kappa shape index (κ3) is 2.36. The summed E-state index contributed by atoms with van der Waals surface area (Å²) in [5.41, 5.74) is 17.8. The molecule has 2 aromatic rings. The van der Waals surface area contributed by atoms with Crippen LogP contribution in [0, 0.1) is 25.7 Å². The molecule has 0 radical (unpaired) electrons. The van der Waals surface area contributed by atoms with E-state index < -0.39 is 0 Å². The van der Waals surface area contributed by atoms with Crippen molar-refractivity contribution < 1.29 is 10.2 Å². The van der Waals surface area contributed by atoms with E-state index in [2.05, 4.69) is 12.1 Å². The maximum Gasteiger partial charge on any atom is 0.141 e. The van der Waals surface area contributed by atoms with Crippen molar-refractivity contribution >= 4 is 11.4 Å². The van der Waals surface area contributed by atoms with Gasteiger partial charge < -0.3 is 21.7 Å². The number of anilines is 2. The molecule has 6 rings (SSSR count). The SMILES string of the molecule is Cc1cc(C23CC4CC(C2)CC(c2cc(C)c(O)c(N)c2)(C4)C3)cc(N)c1O. The molecule has 4 aliphatic carbocycles. The van der Waals surface area contributed by atoms with Crippen molar-refractivity contribution in [2.24, 2.45) is 11.8 Å². The molecule has 0 heterocycles. The Morgan fingerprint density at radius 1 is 0.750 bits per heavy atom. The van der Waals surface area contributed by atoms with Gasteiger partial charge in [0.2, 0.25) is 0 Å². The second-order valence-corrected chi connectivity index (χ2v) is 9.98. The molecule has 4 aliphatic rings. The zero-order valence-electron chi connectivity index (χ0n) is 16.8. The standard InChI is InChI=1S/C24H30N2O2/c1-13-3-17(6-19(25)21(13)27)23-8-15-5-16(9-23)11-24(10-15,12-23)18-4-14(2)22(28)20(26)7-18/h3-4,6-7,15-16,27-28H,5,8-12,25-26H2,1-2H3. The summed E-state index contributed by atoms with van der Waals surface area (Å²) in [6.07, 6.45) is 7.26. The van der Waals surface area contributed by atoms with Gasteiger partial charge in [-0.2, -0.15) is 0 Å². The van der Waals surface area contributed by atoms with E-state index in [0.717, 1.165) is 17.5 Å². The number of rotatable bonds is 2. The largest absolute Gasteiger partial charge is 0.506 e. The second-order valence-electron chi connectivity index (χ2n) is 9.98. The van der Waals surface area contributed by atoms with E-state index in [1.54, 1.807) is 0 Å². The van der Waals surface area contributed by atoms with Crippen molar-refractivity contribution in [2.75, 3.05) is 11.5 Å².